The van der Waals surface area contributed by atoms with Crippen LogP contribution in [0.4, 0.5) is 0 Å². The van der Waals surface area contributed by atoms with Crippen LogP contribution >= 0.6 is 0 Å². The molecule has 1 unspecified atom stereocenters. The maximum absolute atomic E-state index is 5.69. The third-order valence-electron chi connectivity index (χ3n) is 12.8. The van der Waals surface area contributed by atoms with E-state index in [-0.39, 0.29) is 5.41 Å². The van der Waals surface area contributed by atoms with E-state index in [1.54, 1.807) is 0 Å². The van der Waals surface area contributed by atoms with E-state index in [2.05, 4.69) is 139 Å². The summed E-state index contributed by atoms with van der Waals surface area (Å²) in [5.74, 6) is 0. The normalized spacial score (nSPS) is 16.2. The minimum atomic E-state index is -0.442. The van der Waals surface area contributed by atoms with Crippen LogP contribution in [0.2, 0.25) is 0 Å². The number of aryl methyl sites for hydroxylation is 4. The van der Waals surface area contributed by atoms with Crippen LogP contribution in [0.3, 0.4) is 0 Å². The standard InChI is InChI=1S/C53H64O2/c1-7-10-11-12-13-14-31-52(6)48-34-38(4)19-29-44(48)46-37-51-47(36-49(46)52)45-30-20-39(5)35-50(45)53(51,42-25-21-40(22-26-42)17-15-32-54-8-2)43-27-23-41(24-28-43)18-16-33-55-9-3/h19-30,34-37H,7-18,31-33H2,1-6H3. The monoisotopic (exact) mass is 732 g/mol. The Bertz CT molecular complexity index is 2000. The van der Waals surface area contributed by atoms with Crippen molar-refractivity contribution in [1.82, 2.24) is 0 Å². The molecule has 5 aromatic carbocycles. The fourth-order valence-corrected chi connectivity index (χ4v) is 9.86. The summed E-state index contributed by atoms with van der Waals surface area (Å²) >= 11 is 0. The first kappa shape index (κ1) is 39.3. The molecule has 2 aliphatic carbocycles. The fraction of sp³-hybridized carbons (Fsp3) is 0.434. The summed E-state index contributed by atoms with van der Waals surface area (Å²) in [6.07, 6.45) is 13.2. The van der Waals surface area contributed by atoms with E-state index in [1.165, 1.54) is 123 Å². The summed E-state index contributed by atoms with van der Waals surface area (Å²) in [6, 6.07) is 39.0. The van der Waals surface area contributed by atoms with E-state index >= 15 is 0 Å². The molecule has 0 saturated carbocycles. The van der Waals surface area contributed by atoms with Gasteiger partial charge in [-0.2, -0.15) is 0 Å². The first-order valence-corrected chi connectivity index (χ1v) is 21.6. The summed E-state index contributed by atoms with van der Waals surface area (Å²) in [4.78, 5) is 0. The largest absolute Gasteiger partial charge is 0.382 e. The molecular weight excluding hydrogens is 669 g/mol. The molecule has 5 aromatic rings. The molecule has 0 N–H and O–H groups in total. The average molecular weight is 733 g/mol. The number of unbranched alkanes of at least 4 members (excludes halogenated alkanes) is 5. The van der Waals surface area contributed by atoms with Crippen LogP contribution in [0.25, 0.3) is 22.3 Å². The molecule has 7 rings (SSSR count). The first-order valence-electron chi connectivity index (χ1n) is 21.6. The van der Waals surface area contributed by atoms with Crippen LogP contribution in [0.1, 0.15) is 141 Å². The van der Waals surface area contributed by atoms with Crippen LogP contribution < -0.4 is 0 Å². The Morgan fingerprint density at radius 2 is 0.909 bits per heavy atom. The minimum Gasteiger partial charge on any atom is -0.382 e. The number of benzene rings is 5. The first-order chi connectivity index (χ1) is 26.8. The third-order valence-corrected chi connectivity index (χ3v) is 12.8. The van der Waals surface area contributed by atoms with Gasteiger partial charge in [-0.1, -0.05) is 148 Å². The van der Waals surface area contributed by atoms with E-state index in [1.807, 2.05) is 0 Å². The molecule has 0 saturated heterocycles. The molecule has 0 spiro atoms. The number of ether oxygens (including phenoxy) is 2. The van der Waals surface area contributed by atoms with Crippen LogP contribution in [-0.2, 0) is 33.1 Å². The fourth-order valence-electron chi connectivity index (χ4n) is 9.86. The number of fused-ring (bicyclic) bond motifs is 6. The number of rotatable bonds is 19. The lowest BCUT2D eigenvalue weighted by Gasteiger charge is -2.35. The third kappa shape index (κ3) is 7.62. The molecule has 0 fully saturated rings. The molecule has 55 heavy (non-hydrogen) atoms. The van der Waals surface area contributed by atoms with Crippen LogP contribution in [0, 0.1) is 13.8 Å². The van der Waals surface area contributed by atoms with Gasteiger partial charge in [0.25, 0.3) is 0 Å². The highest BCUT2D eigenvalue weighted by Gasteiger charge is 2.49. The van der Waals surface area contributed by atoms with Gasteiger partial charge >= 0.3 is 0 Å². The zero-order valence-corrected chi connectivity index (χ0v) is 34.7. The van der Waals surface area contributed by atoms with Gasteiger partial charge in [-0.05, 0) is 139 Å². The predicted molar refractivity (Wildman–Crippen MR) is 233 cm³/mol. The maximum atomic E-state index is 5.69. The predicted octanol–water partition coefficient (Wildman–Crippen LogP) is 13.6. The lowest BCUT2D eigenvalue weighted by molar-refractivity contribution is 0.145. The Labute approximate surface area is 332 Å². The van der Waals surface area contributed by atoms with Gasteiger partial charge in [-0.3, -0.25) is 0 Å². The van der Waals surface area contributed by atoms with Gasteiger partial charge in [-0.15, -0.1) is 0 Å². The molecule has 2 nitrogen and oxygen atoms in total. The quantitative estimate of drug-likeness (QED) is 0.0772. The van der Waals surface area contributed by atoms with Crippen LogP contribution in [0.5, 0.6) is 0 Å². The smallest absolute Gasteiger partial charge is 0.0713 e. The molecule has 0 aromatic heterocycles. The Morgan fingerprint density at radius 3 is 1.47 bits per heavy atom. The van der Waals surface area contributed by atoms with E-state index in [9.17, 15) is 0 Å². The molecule has 0 heterocycles. The van der Waals surface area contributed by atoms with E-state index < -0.39 is 5.41 Å². The molecule has 0 bridgehead atoms. The van der Waals surface area contributed by atoms with Gasteiger partial charge in [0.15, 0.2) is 0 Å². The molecule has 1 atom stereocenters. The maximum Gasteiger partial charge on any atom is 0.0713 e. The van der Waals surface area contributed by atoms with Gasteiger partial charge in [0, 0.05) is 31.8 Å². The molecule has 2 heteroatoms. The second-order valence-electron chi connectivity index (χ2n) is 16.6. The van der Waals surface area contributed by atoms with Crippen LogP contribution in [0.15, 0.2) is 97.1 Å². The summed E-state index contributed by atoms with van der Waals surface area (Å²) in [6.45, 7) is 16.7. The highest BCUT2D eigenvalue weighted by Crippen LogP contribution is 2.61. The zero-order valence-electron chi connectivity index (χ0n) is 34.7. The number of hydrogen-bond donors (Lipinski definition) is 0. The summed E-state index contributed by atoms with van der Waals surface area (Å²) in [7, 11) is 0. The lowest BCUT2D eigenvalue weighted by atomic mass is 9.66. The minimum absolute atomic E-state index is 0.0150. The molecule has 0 radical (unpaired) electrons. The molecule has 0 aliphatic heterocycles. The molecule has 2 aliphatic rings. The van der Waals surface area contributed by atoms with E-state index in [0.29, 0.717) is 0 Å². The van der Waals surface area contributed by atoms with Gasteiger partial charge in [-0.25, -0.2) is 0 Å². The summed E-state index contributed by atoms with van der Waals surface area (Å²) in [5, 5.41) is 0. The Morgan fingerprint density at radius 1 is 0.455 bits per heavy atom. The summed E-state index contributed by atoms with van der Waals surface area (Å²) < 4.78 is 11.4. The topological polar surface area (TPSA) is 18.5 Å². The van der Waals surface area contributed by atoms with Crippen molar-refractivity contribution in [1.29, 1.82) is 0 Å². The Balaban J connectivity index is 1.39. The highest BCUT2D eigenvalue weighted by atomic mass is 16.5. The van der Waals surface area contributed by atoms with Crippen molar-refractivity contribution in [2.45, 2.75) is 123 Å². The van der Waals surface area contributed by atoms with Gasteiger partial charge in [0.1, 0.15) is 0 Å². The molecule has 0 amide bonds. The van der Waals surface area contributed by atoms with Crippen molar-refractivity contribution < 1.29 is 9.47 Å². The highest BCUT2D eigenvalue weighted by molar-refractivity contribution is 5.92. The van der Waals surface area contributed by atoms with Crippen molar-refractivity contribution in [3.63, 3.8) is 0 Å². The Kier molecular flexibility index (Phi) is 12.4. The molecule has 288 valence electrons. The van der Waals surface area contributed by atoms with E-state index in [0.717, 1.165) is 52.1 Å². The van der Waals surface area contributed by atoms with Crippen molar-refractivity contribution in [2.24, 2.45) is 0 Å². The van der Waals surface area contributed by atoms with Crippen LogP contribution in [-0.4, -0.2) is 26.4 Å². The lowest BCUT2D eigenvalue weighted by Crippen LogP contribution is -2.29. The van der Waals surface area contributed by atoms with Crippen molar-refractivity contribution in [3.8, 4) is 22.3 Å². The second-order valence-corrected chi connectivity index (χ2v) is 16.6. The van der Waals surface area contributed by atoms with Gasteiger partial charge in [0.2, 0.25) is 0 Å². The van der Waals surface area contributed by atoms with E-state index in [4.69, 9.17) is 9.47 Å². The van der Waals surface area contributed by atoms with Crippen molar-refractivity contribution in [2.75, 3.05) is 26.4 Å². The van der Waals surface area contributed by atoms with Gasteiger partial charge in [0.05, 0.1) is 5.41 Å². The van der Waals surface area contributed by atoms with Crippen molar-refractivity contribution in [3.05, 3.63) is 153 Å². The van der Waals surface area contributed by atoms with Crippen molar-refractivity contribution >= 4 is 0 Å². The number of hydrogen-bond acceptors (Lipinski definition) is 2. The van der Waals surface area contributed by atoms with Gasteiger partial charge < -0.3 is 9.47 Å². The SMILES string of the molecule is CCCCCCCCC1(C)c2cc(C)ccc2-c2cc3c(cc21)-c1ccc(C)cc1C3(c1ccc(CCCOCC)cc1)c1ccc(CCCOCC)cc1. The second kappa shape index (κ2) is 17.4. The average Bonchev–Trinajstić information content (AvgIpc) is 3.61. The molecular formula is C53H64O2. The summed E-state index contributed by atoms with van der Waals surface area (Å²) in [5.41, 5.74) is 19.1. The Hall–Kier alpha value is -3.98. The zero-order chi connectivity index (χ0) is 38.4.